The Morgan fingerprint density at radius 1 is 0.778 bits per heavy atom. The van der Waals surface area contributed by atoms with Crippen LogP contribution in [0.3, 0.4) is 0 Å². The minimum absolute atomic E-state index is 0.0300. The summed E-state index contributed by atoms with van der Waals surface area (Å²) in [6, 6.07) is 2.19. The summed E-state index contributed by atoms with van der Waals surface area (Å²) >= 11 is 0. The maximum Gasteiger partial charge on any atom is 0.522 e. The first-order valence-corrected chi connectivity index (χ1v) is 9.58. The predicted molar refractivity (Wildman–Crippen MR) is 88.5 cm³/mol. The molecule has 0 saturated heterocycles. The smallest absolute Gasteiger partial charge is 0.292 e. The van der Waals surface area contributed by atoms with Crippen molar-refractivity contribution in [3.8, 4) is 0 Å². The maximum atomic E-state index is 13.4. The van der Waals surface area contributed by atoms with E-state index in [1.165, 1.54) is 0 Å². The van der Waals surface area contributed by atoms with Gasteiger partial charge in [0.2, 0.25) is 0 Å². The molecule has 1 nitrogen and oxygen atoms in total. The largest absolute Gasteiger partial charge is 0.522 e. The Morgan fingerprint density at radius 2 is 1.26 bits per heavy atom. The molecule has 2 saturated carbocycles. The first kappa shape index (κ1) is 20.5. The highest BCUT2D eigenvalue weighted by Gasteiger charge is 2.34. The highest BCUT2D eigenvalue weighted by atomic mass is 19.4. The van der Waals surface area contributed by atoms with Gasteiger partial charge in [0.15, 0.2) is 17.5 Å². The second kappa shape index (κ2) is 8.41. The predicted octanol–water partition coefficient (Wildman–Crippen LogP) is 6.72. The fourth-order valence-corrected chi connectivity index (χ4v) is 4.77. The highest BCUT2D eigenvalue weighted by Crippen LogP contribution is 2.44. The van der Waals surface area contributed by atoms with E-state index in [1.54, 1.807) is 0 Å². The van der Waals surface area contributed by atoms with Gasteiger partial charge in [-0.2, -0.15) is 0 Å². The van der Waals surface area contributed by atoms with Crippen LogP contribution in [0.15, 0.2) is 12.1 Å². The summed E-state index contributed by atoms with van der Waals surface area (Å²) in [6.45, 7) is -0.259. The summed E-state index contributed by atoms with van der Waals surface area (Å²) in [5.41, 5.74) is 0.512. The summed E-state index contributed by atoms with van der Waals surface area (Å²) in [5, 5.41) is 0. The topological polar surface area (TPSA) is 9.23 Å². The van der Waals surface area contributed by atoms with Gasteiger partial charge in [-0.3, -0.25) is 4.74 Å². The van der Waals surface area contributed by atoms with Gasteiger partial charge in [0.1, 0.15) is 0 Å². The van der Waals surface area contributed by atoms with Crippen LogP contribution < -0.4 is 0 Å². The van der Waals surface area contributed by atoms with Gasteiger partial charge in [-0.05, 0) is 92.7 Å². The van der Waals surface area contributed by atoms with Gasteiger partial charge < -0.3 is 0 Å². The van der Waals surface area contributed by atoms with Crippen LogP contribution in [0.1, 0.15) is 62.8 Å². The Hall–Kier alpha value is -1.24. The lowest BCUT2D eigenvalue weighted by Gasteiger charge is -2.38. The first-order chi connectivity index (χ1) is 12.7. The molecule has 2 aliphatic carbocycles. The second-order valence-electron chi connectivity index (χ2n) is 7.95. The van der Waals surface area contributed by atoms with Crippen LogP contribution in [0.25, 0.3) is 0 Å². The molecule has 0 aromatic heterocycles. The fourth-order valence-electron chi connectivity index (χ4n) is 4.77. The molecule has 0 radical (unpaired) electrons. The molecule has 0 bridgehead atoms. The number of hydrogen-bond donors (Lipinski definition) is 0. The van der Waals surface area contributed by atoms with Crippen molar-refractivity contribution in [2.24, 2.45) is 17.8 Å². The average molecular weight is 394 g/mol. The molecular weight excluding hydrogens is 370 g/mol. The van der Waals surface area contributed by atoms with Crippen molar-refractivity contribution in [2.75, 3.05) is 6.61 Å². The maximum absolute atomic E-state index is 13.4. The number of halogens is 6. The highest BCUT2D eigenvalue weighted by molar-refractivity contribution is 5.23. The molecule has 0 spiro atoms. The fraction of sp³-hybridized carbons (Fsp3) is 0.700. The summed E-state index contributed by atoms with van der Waals surface area (Å²) in [5.74, 6) is -2.74. The molecule has 3 rings (SSSR count). The lowest BCUT2D eigenvalue weighted by atomic mass is 9.68. The van der Waals surface area contributed by atoms with E-state index in [1.807, 2.05) is 0 Å². The van der Waals surface area contributed by atoms with Gasteiger partial charge >= 0.3 is 6.36 Å². The van der Waals surface area contributed by atoms with Crippen molar-refractivity contribution >= 4 is 0 Å². The van der Waals surface area contributed by atoms with E-state index in [-0.39, 0.29) is 18.4 Å². The molecule has 7 heteroatoms. The van der Waals surface area contributed by atoms with Crippen LogP contribution >= 0.6 is 0 Å². The van der Waals surface area contributed by atoms with Crippen molar-refractivity contribution in [3.63, 3.8) is 0 Å². The van der Waals surface area contributed by atoms with Crippen molar-refractivity contribution in [2.45, 2.75) is 63.6 Å². The van der Waals surface area contributed by atoms with Crippen LogP contribution in [-0.4, -0.2) is 13.0 Å². The van der Waals surface area contributed by atoms with E-state index in [0.29, 0.717) is 17.4 Å². The van der Waals surface area contributed by atoms with E-state index in [9.17, 15) is 26.3 Å². The van der Waals surface area contributed by atoms with Crippen molar-refractivity contribution in [3.05, 3.63) is 35.1 Å². The van der Waals surface area contributed by atoms with E-state index in [0.717, 1.165) is 63.5 Å². The van der Waals surface area contributed by atoms with Crippen molar-refractivity contribution < 1.29 is 31.1 Å². The van der Waals surface area contributed by atoms with Crippen LogP contribution in [0.2, 0.25) is 0 Å². The van der Waals surface area contributed by atoms with Gasteiger partial charge in [0, 0.05) is 0 Å². The average Bonchev–Trinajstić information content (AvgIpc) is 2.64. The molecule has 0 heterocycles. The molecule has 2 fully saturated rings. The van der Waals surface area contributed by atoms with Crippen molar-refractivity contribution in [1.29, 1.82) is 0 Å². The SMILES string of the molecule is Fc1cc(C2CCC(C3CCC(COC(F)(F)F)CC3)CC2)cc(F)c1F. The molecule has 0 amide bonds. The minimum atomic E-state index is -4.56. The standard InChI is InChI=1S/C20H24F6O/c21-17-9-16(10-18(22)19(17)23)15-7-5-14(6-8-15)13-3-1-12(2-4-13)11-27-20(24,25)26/h9-10,12-15H,1-8,11H2. The van der Waals surface area contributed by atoms with E-state index >= 15 is 0 Å². The van der Waals surface area contributed by atoms with Gasteiger partial charge in [0.05, 0.1) is 6.61 Å². The number of alkyl halides is 3. The molecule has 152 valence electrons. The Bertz CT molecular complexity index is 605. The molecule has 0 aliphatic heterocycles. The number of benzene rings is 1. The summed E-state index contributed by atoms with van der Waals surface area (Å²) in [6.07, 6.45) is 2.19. The Morgan fingerprint density at radius 3 is 1.74 bits per heavy atom. The lowest BCUT2D eigenvalue weighted by Crippen LogP contribution is -2.28. The molecule has 0 atom stereocenters. The third-order valence-corrected chi connectivity index (χ3v) is 6.29. The molecule has 1 aromatic carbocycles. The van der Waals surface area contributed by atoms with Crippen molar-refractivity contribution in [1.82, 2.24) is 0 Å². The van der Waals surface area contributed by atoms with E-state index < -0.39 is 23.8 Å². The van der Waals surface area contributed by atoms with Gasteiger partial charge in [-0.1, -0.05) is 0 Å². The summed E-state index contributed by atoms with van der Waals surface area (Å²) in [7, 11) is 0. The third kappa shape index (κ3) is 5.39. The number of rotatable bonds is 4. The number of hydrogen-bond acceptors (Lipinski definition) is 1. The molecule has 0 unspecified atom stereocenters. The van der Waals surface area contributed by atoms with Crippen LogP contribution in [0.4, 0.5) is 26.3 Å². The van der Waals surface area contributed by atoms with Crippen LogP contribution in [0, 0.1) is 35.2 Å². The molecule has 0 N–H and O–H groups in total. The van der Waals surface area contributed by atoms with E-state index in [4.69, 9.17) is 0 Å². The van der Waals surface area contributed by atoms with Gasteiger partial charge in [0.25, 0.3) is 0 Å². The summed E-state index contributed by atoms with van der Waals surface area (Å²) < 4.78 is 80.4. The zero-order valence-electron chi connectivity index (χ0n) is 15.0. The zero-order chi connectivity index (χ0) is 19.6. The summed E-state index contributed by atoms with van der Waals surface area (Å²) in [4.78, 5) is 0. The van der Waals surface area contributed by atoms with Gasteiger partial charge in [-0.25, -0.2) is 13.2 Å². The molecular formula is C20H24F6O. The van der Waals surface area contributed by atoms with Crippen LogP contribution in [0.5, 0.6) is 0 Å². The van der Waals surface area contributed by atoms with Crippen LogP contribution in [-0.2, 0) is 4.74 Å². The first-order valence-electron chi connectivity index (χ1n) is 9.58. The van der Waals surface area contributed by atoms with E-state index in [2.05, 4.69) is 4.74 Å². The molecule has 1 aromatic rings. The Kier molecular flexibility index (Phi) is 6.39. The third-order valence-electron chi connectivity index (χ3n) is 6.29. The molecule has 2 aliphatic rings. The Balaban J connectivity index is 1.46. The van der Waals surface area contributed by atoms with Gasteiger partial charge in [-0.15, -0.1) is 13.2 Å². The Labute approximate surface area is 155 Å². The minimum Gasteiger partial charge on any atom is -0.292 e. The molecule has 27 heavy (non-hydrogen) atoms. The normalized spacial score (nSPS) is 29.7. The number of ether oxygens (including phenoxy) is 1. The zero-order valence-corrected chi connectivity index (χ0v) is 15.0. The lowest BCUT2D eigenvalue weighted by molar-refractivity contribution is -0.329. The second-order valence-corrected chi connectivity index (χ2v) is 7.95. The quantitative estimate of drug-likeness (QED) is 0.407. The monoisotopic (exact) mass is 394 g/mol.